The molecule has 1 atom stereocenters. The highest BCUT2D eigenvalue weighted by atomic mass is 127. The van der Waals surface area contributed by atoms with Crippen LogP contribution in [0.25, 0.3) is 0 Å². The first kappa shape index (κ1) is 23.1. The molecule has 1 N–H and O–H groups in total. The van der Waals surface area contributed by atoms with Crippen molar-refractivity contribution < 1.29 is 13.5 Å². The van der Waals surface area contributed by atoms with Gasteiger partial charge in [0.25, 0.3) is 0 Å². The minimum atomic E-state index is -0.551. The smallest absolute Gasteiger partial charge is 0.193 e. The van der Waals surface area contributed by atoms with Gasteiger partial charge in [0, 0.05) is 52.4 Å². The molecule has 0 aliphatic carbocycles. The Labute approximate surface area is 172 Å². The van der Waals surface area contributed by atoms with Crippen molar-refractivity contribution in [3.8, 4) is 0 Å². The third-order valence-electron chi connectivity index (χ3n) is 4.85. The predicted octanol–water partition coefficient (Wildman–Crippen LogP) is 4.01. The van der Waals surface area contributed by atoms with Crippen LogP contribution in [0.3, 0.4) is 0 Å². The van der Waals surface area contributed by atoms with E-state index in [9.17, 15) is 8.78 Å². The van der Waals surface area contributed by atoms with Gasteiger partial charge < -0.3 is 15.0 Å². The lowest BCUT2D eigenvalue weighted by molar-refractivity contribution is 0.0625. The van der Waals surface area contributed by atoms with Crippen LogP contribution in [0, 0.1) is 17.6 Å². The minimum absolute atomic E-state index is 0. The summed E-state index contributed by atoms with van der Waals surface area (Å²) in [6, 6.07) is 3.74. The summed E-state index contributed by atoms with van der Waals surface area (Å²) in [7, 11) is 3.76. The first-order valence-electron chi connectivity index (χ1n) is 8.95. The Kier molecular flexibility index (Phi) is 10.4. The van der Waals surface area contributed by atoms with Gasteiger partial charge in [-0.15, -0.1) is 24.0 Å². The second kappa shape index (κ2) is 11.7. The van der Waals surface area contributed by atoms with Crippen LogP contribution in [0.15, 0.2) is 23.2 Å². The number of rotatable bonds is 6. The van der Waals surface area contributed by atoms with Gasteiger partial charge in [-0.25, -0.2) is 8.78 Å². The Bertz CT molecular complexity index is 580. The maximum atomic E-state index is 13.9. The van der Waals surface area contributed by atoms with Crippen LogP contribution in [0.2, 0.25) is 0 Å². The molecule has 0 aromatic heterocycles. The van der Waals surface area contributed by atoms with Crippen molar-refractivity contribution in [3.05, 3.63) is 35.4 Å². The van der Waals surface area contributed by atoms with Gasteiger partial charge in [0.2, 0.25) is 0 Å². The standard InChI is InChI=1S/C19H29F2N3O.HI/c1-14(17-5-4-16(20)12-18(17)21)13-23-19(22-2)24(3)9-6-15-7-10-25-11-8-15;/h4-5,12,14-15H,6-11,13H2,1-3H3,(H,22,23);1H. The number of guanidine groups is 1. The molecule has 4 nitrogen and oxygen atoms in total. The van der Waals surface area contributed by atoms with E-state index in [1.165, 1.54) is 12.1 Å². The van der Waals surface area contributed by atoms with E-state index in [0.717, 1.165) is 51.0 Å². The first-order valence-corrected chi connectivity index (χ1v) is 8.95. The maximum Gasteiger partial charge on any atom is 0.193 e. The van der Waals surface area contributed by atoms with Crippen LogP contribution >= 0.6 is 24.0 Å². The SMILES string of the molecule is CN=C(NCC(C)c1ccc(F)cc1F)N(C)CCC1CCOCC1.I. The topological polar surface area (TPSA) is 36.9 Å². The van der Waals surface area contributed by atoms with E-state index in [1.807, 2.05) is 14.0 Å². The lowest BCUT2D eigenvalue weighted by Crippen LogP contribution is -2.41. The van der Waals surface area contributed by atoms with E-state index >= 15 is 0 Å². The third kappa shape index (κ3) is 6.98. The van der Waals surface area contributed by atoms with Gasteiger partial charge in [0.1, 0.15) is 11.6 Å². The molecule has 1 aromatic rings. The zero-order chi connectivity index (χ0) is 18.2. The molecule has 2 rings (SSSR count). The Balaban J connectivity index is 0.00000338. The Hall–Kier alpha value is -0.960. The molecule has 7 heteroatoms. The molecule has 0 amide bonds. The van der Waals surface area contributed by atoms with Gasteiger partial charge in [-0.05, 0) is 36.8 Å². The number of benzene rings is 1. The van der Waals surface area contributed by atoms with Crippen LogP contribution in [0.1, 0.15) is 37.7 Å². The maximum absolute atomic E-state index is 13.9. The second-order valence-electron chi connectivity index (χ2n) is 6.76. The molecule has 0 radical (unpaired) electrons. The van der Waals surface area contributed by atoms with Crippen molar-refractivity contribution in [2.45, 2.75) is 32.1 Å². The van der Waals surface area contributed by atoms with Crippen molar-refractivity contribution in [2.24, 2.45) is 10.9 Å². The Morgan fingerprint density at radius 3 is 2.65 bits per heavy atom. The summed E-state index contributed by atoms with van der Waals surface area (Å²) in [5, 5.41) is 3.29. The van der Waals surface area contributed by atoms with Crippen LogP contribution in [-0.2, 0) is 4.74 Å². The molecule has 1 unspecified atom stereocenters. The molecule has 1 aliphatic heterocycles. The summed E-state index contributed by atoms with van der Waals surface area (Å²) in [5.74, 6) is 0.367. The van der Waals surface area contributed by atoms with E-state index in [1.54, 1.807) is 7.05 Å². The number of halogens is 3. The second-order valence-corrected chi connectivity index (χ2v) is 6.76. The van der Waals surface area contributed by atoms with E-state index in [4.69, 9.17) is 4.74 Å². The van der Waals surface area contributed by atoms with Gasteiger partial charge in [0.15, 0.2) is 5.96 Å². The average Bonchev–Trinajstić information content (AvgIpc) is 2.61. The molecule has 1 saturated heterocycles. The molecular formula is C19H30F2IN3O. The number of hydrogen-bond acceptors (Lipinski definition) is 2. The van der Waals surface area contributed by atoms with Gasteiger partial charge in [-0.1, -0.05) is 13.0 Å². The normalized spacial score (nSPS) is 16.7. The molecule has 148 valence electrons. The zero-order valence-electron chi connectivity index (χ0n) is 15.8. The lowest BCUT2D eigenvalue weighted by Gasteiger charge is -2.27. The van der Waals surface area contributed by atoms with Gasteiger partial charge in [0.05, 0.1) is 0 Å². The molecule has 0 spiro atoms. The monoisotopic (exact) mass is 481 g/mol. The first-order chi connectivity index (χ1) is 12.0. The summed E-state index contributed by atoms with van der Waals surface area (Å²) < 4.78 is 32.3. The van der Waals surface area contributed by atoms with Crippen LogP contribution in [0.5, 0.6) is 0 Å². The highest BCUT2D eigenvalue weighted by molar-refractivity contribution is 14.0. The number of nitrogens with one attached hydrogen (secondary N) is 1. The Morgan fingerprint density at radius 2 is 2.04 bits per heavy atom. The number of ether oxygens (including phenoxy) is 1. The summed E-state index contributed by atoms with van der Waals surface area (Å²) in [4.78, 5) is 6.41. The Morgan fingerprint density at radius 1 is 1.35 bits per heavy atom. The lowest BCUT2D eigenvalue weighted by atomic mass is 9.96. The number of hydrogen-bond donors (Lipinski definition) is 1. The fourth-order valence-electron chi connectivity index (χ4n) is 3.16. The fourth-order valence-corrected chi connectivity index (χ4v) is 3.16. The molecule has 0 bridgehead atoms. The van der Waals surface area contributed by atoms with Crippen LogP contribution in [0.4, 0.5) is 8.78 Å². The summed E-state index contributed by atoms with van der Waals surface area (Å²) in [6.07, 6.45) is 3.37. The molecule has 1 aromatic carbocycles. The van der Waals surface area contributed by atoms with Gasteiger partial charge in [-0.2, -0.15) is 0 Å². The van der Waals surface area contributed by atoms with Crippen molar-refractivity contribution >= 4 is 29.9 Å². The zero-order valence-corrected chi connectivity index (χ0v) is 18.1. The molecule has 26 heavy (non-hydrogen) atoms. The van der Waals surface area contributed by atoms with Crippen molar-refractivity contribution in [3.63, 3.8) is 0 Å². The van der Waals surface area contributed by atoms with E-state index in [2.05, 4.69) is 15.2 Å². The third-order valence-corrected chi connectivity index (χ3v) is 4.85. The fraction of sp³-hybridized carbons (Fsp3) is 0.632. The van der Waals surface area contributed by atoms with Crippen molar-refractivity contribution in [1.82, 2.24) is 10.2 Å². The minimum Gasteiger partial charge on any atom is -0.381 e. The van der Waals surface area contributed by atoms with Gasteiger partial charge in [-0.3, -0.25) is 4.99 Å². The van der Waals surface area contributed by atoms with Crippen LogP contribution < -0.4 is 5.32 Å². The highest BCUT2D eigenvalue weighted by Crippen LogP contribution is 2.20. The van der Waals surface area contributed by atoms with Gasteiger partial charge >= 0.3 is 0 Å². The van der Waals surface area contributed by atoms with Crippen molar-refractivity contribution in [2.75, 3.05) is 40.4 Å². The summed E-state index contributed by atoms with van der Waals surface area (Å²) in [5.41, 5.74) is 0.509. The number of aliphatic imine (C=N–C) groups is 1. The molecule has 0 saturated carbocycles. The summed E-state index contributed by atoms with van der Waals surface area (Å²) >= 11 is 0. The van der Waals surface area contributed by atoms with E-state index in [0.29, 0.717) is 18.0 Å². The quantitative estimate of drug-likeness (QED) is 0.379. The molecule has 1 aliphatic rings. The van der Waals surface area contributed by atoms with E-state index in [-0.39, 0.29) is 29.9 Å². The van der Waals surface area contributed by atoms with Crippen molar-refractivity contribution in [1.29, 1.82) is 0 Å². The largest absolute Gasteiger partial charge is 0.381 e. The number of nitrogens with zero attached hydrogens (tertiary/aromatic N) is 2. The predicted molar refractivity (Wildman–Crippen MR) is 112 cm³/mol. The van der Waals surface area contributed by atoms with Crippen LogP contribution in [-0.4, -0.2) is 51.3 Å². The van der Waals surface area contributed by atoms with E-state index < -0.39 is 11.6 Å². The molecular weight excluding hydrogens is 451 g/mol. The highest BCUT2D eigenvalue weighted by Gasteiger charge is 2.17. The average molecular weight is 481 g/mol. The molecule has 1 fully saturated rings. The molecule has 1 heterocycles. The summed E-state index contributed by atoms with van der Waals surface area (Å²) in [6.45, 7) is 5.10.